The Bertz CT molecular complexity index is 1200. The highest BCUT2D eigenvalue weighted by molar-refractivity contribution is 9.10. The van der Waals surface area contributed by atoms with Crippen LogP contribution in [0.3, 0.4) is 0 Å². The lowest BCUT2D eigenvalue weighted by atomic mass is 9.81. The molecule has 2 N–H and O–H groups in total. The van der Waals surface area contributed by atoms with Crippen molar-refractivity contribution in [2.75, 3.05) is 19.1 Å². The maximum atomic E-state index is 13.1. The number of nitrogens with two attached hydrogens (primary N) is 1. The predicted octanol–water partition coefficient (Wildman–Crippen LogP) is 4.47. The van der Waals surface area contributed by atoms with E-state index in [1.807, 2.05) is 18.2 Å². The Labute approximate surface area is 201 Å². The van der Waals surface area contributed by atoms with Gasteiger partial charge < -0.3 is 15.2 Å². The van der Waals surface area contributed by atoms with Crippen LogP contribution >= 0.6 is 15.9 Å². The number of anilines is 1. The standard InChI is InChI=1S/C25H24BrN3O4/c1-14(2)16-10-11-19(18(26)12-16)29-22(25(31)33-4)21(24(30)32-3)20(17(13-27)23(29)28)15-8-6-5-7-9-15/h5-12,14,20H,28H2,1-4H3. The van der Waals surface area contributed by atoms with Crippen LogP contribution in [0, 0.1) is 11.3 Å². The third-order valence-corrected chi connectivity index (χ3v) is 6.12. The first kappa shape index (κ1) is 24.1. The average Bonchev–Trinajstić information content (AvgIpc) is 2.82. The summed E-state index contributed by atoms with van der Waals surface area (Å²) in [6, 6.07) is 16.6. The number of nitriles is 1. The van der Waals surface area contributed by atoms with Gasteiger partial charge in [0, 0.05) is 4.47 Å². The Morgan fingerprint density at radius 2 is 1.73 bits per heavy atom. The van der Waals surface area contributed by atoms with Crippen LogP contribution in [0.1, 0.15) is 36.8 Å². The number of hydrogen-bond donors (Lipinski definition) is 1. The van der Waals surface area contributed by atoms with Gasteiger partial charge in [-0.1, -0.05) is 50.2 Å². The lowest BCUT2D eigenvalue weighted by Gasteiger charge is -2.36. The summed E-state index contributed by atoms with van der Waals surface area (Å²) in [5, 5.41) is 10.1. The van der Waals surface area contributed by atoms with Gasteiger partial charge in [-0.2, -0.15) is 5.26 Å². The zero-order chi connectivity index (χ0) is 24.3. The Hall–Kier alpha value is -3.57. The number of carbonyl (C=O) groups is 2. The highest BCUT2D eigenvalue weighted by Gasteiger charge is 2.43. The van der Waals surface area contributed by atoms with E-state index >= 15 is 0 Å². The third kappa shape index (κ3) is 4.37. The summed E-state index contributed by atoms with van der Waals surface area (Å²) in [4.78, 5) is 27.5. The molecule has 1 atom stereocenters. The van der Waals surface area contributed by atoms with Crippen LogP contribution < -0.4 is 10.6 Å². The quantitative estimate of drug-likeness (QED) is 0.592. The molecule has 1 unspecified atom stereocenters. The van der Waals surface area contributed by atoms with E-state index in [0.717, 1.165) is 5.56 Å². The minimum absolute atomic E-state index is 0.0254. The Morgan fingerprint density at radius 3 is 2.24 bits per heavy atom. The molecule has 2 aromatic carbocycles. The van der Waals surface area contributed by atoms with Crippen molar-refractivity contribution in [2.24, 2.45) is 5.73 Å². The molecule has 2 aromatic rings. The topological polar surface area (TPSA) is 106 Å². The van der Waals surface area contributed by atoms with Gasteiger partial charge in [0.15, 0.2) is 0 Å². The molecule has 33 heavy (non-hydrogen) atoms. The van der Waals surface area contributed by atoms with Crippen molar-refractivity contribution in [3.63, 3.8) is 0 Å². The second kappa shape index (κ2) is 9.92. The van der Waals surface area contributed by atoms with Gasteiger partial charge in [-0.05, 0) is 45.1 Å². The first-order chi connectivity index (χ1) is 15.8. The van der Waals surface area contributed by atoms with Crippen LogP contribution in [-0.4, -0.2) is 26.2 Å². The summed E-state index contributed by atoms with van der Waals surface area (Å²) in [6.07, 6.45) is 0. The van der Waals surface area contributed by atoms with Gasteiger partial charge in [0.2, 0.25) is 0 Å². The van der Waals surface area contributed by atoms with E-state index in [1.165, 1.54) is 19.1 Å². The molecule has 3 rings (SSSR count). The molecule has 170 valence electrons. The lowest BCUT2D eigenvalue weighted by molar-refractivity contribution is -0.139. The van der Waals surface area contributed by atoms with E-state index in [0.29, 0.717) is 15.7 Å². The van der Waals surface area contributed by atoms with Gasteiger partial charge in [0.25, 0.3) is 0 Å². The summed E-state index contributed by atoms with van der Waals surface area (Å²) < 4.78 is 10.7. The fraction of sp³-hybridized carbons (Fsp3) is 0.240. The summed E-state index contributed by atoms with van der Waals surface area (Å²) in [6.45, 7) is 4.12. The second-order valence-corrected chi connectivity index (χ2v) is 8.56. The number of methoxy groups -OCH3 is 2. The minimum Gasteiger partial charge on any atom is -0.466 e. The van der Waals surface area contributed by atoms with Crippen LogP contribution in [0.4, 0.5) is 5.69 Å². The van der Waals surface area contributed by atoms with Gasteiger partial charge in [-0.25, -0.2) is 9.59 Å². The first-order valence-electron chi connectivity index (χ1n) is 10.2. The second-order valence-electron chi connectivity index (χ2n) is 7.70. The summed E-state index contributed by atoms with van der Waals surface area (Å²) in [7, 11) is 2.44. The molecular formula is C25H24BrN3O4. The van der Waals surface area contributed by atoms with E-state index in [9.17, 15) is 14.9 Å². The normalized spacial score (nSPS) is 16.0. The van der Waals surface area contributed by atoms with Crippen molar-refractivity contribution < 1.29 is 19.1 Å². The van der Waals surface area contributed by atoms with E-state index in [4.69, 9.17) is 15.2 Å². The molecule has 0 radical (unpaired) electrons. The minimum atomic E-state index is -0.900. The van der Waals surface area contributed by atoms with E-state index in [2.05, 4.69) is 35.8 Å². The van der Waals surface area contributed by atoms with E-state index in [1.54, 1.807) is 30.3 Å². The maximum Gasteiger partial charge on any atom is 0.355 e. The molecule has 0 aromatic heterocycles. The number of ether oxygens (including phenoxy) is 2. The molecule has 0 aliphatic carbocycles. The highest BCUT2D eigenvalue weighted by atomic mass is 79.9. The summed E-state index contributed by atoms with van der Waals surface area (Å²) in [5.74, 6) is -2.15. The molecule has 1 heterocycles. The molecule has 0 fully saturated rings. The zero-order valence-corrected chi connectivity index (χ0v) is 20.3. The lowest BCUT2D eigenvalue weighted by Crippen LogP contribution is -2.41. The smallest absolute Gasteiger partial charge is 0.355 e. The van der Waals surface area contributed by atoms with Crippen LogP contribution in [0.5, 0.6) is 0 Å². The number of halogens is 1. The van der Waals surface area contributed by atoms with Crippen molar-refractivity contribution >= 4 is 33.6 Å². The molecule has 0 bridgehead atoms. The van der Waals surface area contributed by atoms with Gasteiger partial charge >= 0.3 is 11.9 Å². The molecular weight excluding hydrogens is 486 g/mol. The molecule has 8 heteroatoms. The zero-order valence-electron chi connectivity index (χ0n) is 18.8. The summed E-state index contributed by atoms with van der Waals surface area (Å²) in [5.41, 5.74) is 8.67. The van der Waals surface area contributed by atoms with Crippen molar-refractivity contribution in [1.82, 2.24) is 0 Å². The van der Waals surface area contributed by atoms with Crippen LogP contribution in [-0.2, 0) is 19.1 Å². The largest absolute Gasteiger partial charge is 0.466 e. The fourth-order valence-corrected chi connectivity index (χ4v) is 4.40. The number of hydrogen-bond acceptors (Lipinski definition) is 7. The van der Waals surface area contributed by atoms with Crippen LogP contribution in [0.25, 0.3) is 0 Å². The number of allylic oxidation sites excluding steroid dienone is 1. The van der Waals surface area contributed by atoms with Crippen molar-refractivity contribution in [3.8, 4) is 6.07 Å². The Balaban J connectivity index is 2.40. The Kier molecular flexibility index (Phi) is 7.24. The first-order valence-corrected chi connectivity index (χ1v) is 11.0. The number of rotatable bonds is 5. The summed E-state index contributed by atoms with van der Waals surface area (Å²) >= 11 is 3.56. The molecule has 1 aliphatic heterocycles. The van der Waals surface area contributed by atoms with Crippen LogP contribution in [0.2, 0.25) is 0 Å². The molecule has 0 amide bonds. The van der Waals surface area contributed by atoms with Gasteiger partial charge in [-0.3, -0.25) is 4.90 Å². The highest BCUT2D eigenvalue weighted by Crippen LogP contribution is 2.45. The van der Waals surface area contributed by atoms with Gasteiger partial charge in [-0.15, -0.1) is 0 Å². The molecule has 0 spiro atoms. The molecule has 0 saturated carbocycles. The molecule has 7 nitrogen and oxygen atoms in total. The van der Waals surface area contributed by atoms with Crippen molar-refractivity contribution in [1.29, 1.82) is 5.26 Å². The number of nitrogens with zero attached hydrogens (tertiary/aromatic N) is 2. The number of benzene rings is 2. The molecule has 0 saturated heterocycles. The fourth-order valence-electron chi connectivity index (χ4n) is 3.83. The van der Waals surface area contributed by atoms with Crippen molar-refractivity contribution in [2.45, 2.75) is 25.7 Å². The average molecular weight is 510 g/mol. The monoisotopic (exact) mass is 509 g/mol. The van der Waals surface area contributed by atoms with Crippen LogP contribution in [0.15, 0.2) is 75.7 Å². The Morgan fingerprint density at radius 1 is 1.09 bits per heavy atom. The van der Waals surface area contributed by atoms with Gasteiger partial charge in [0.05, 0.1) is 43.0 Å². The van der Waals surface area contributed by atoms with E-state index < -0.39 is 17.9 Å². The third-order valence-electron chi connectivity index (χ3n) is 5.49. The van der Waals surface area contributed by atoms with Gasteiger partial charge in [0.1, 0.15) is 11.5 Å². The molecule has 1 aliphatic rings. The number of carbonyl (C=O) groups excluding carboxylic acids is 2. The number of esters is 2. The maximum absolute atomic E-state index is 13.1. The SMILES string of the molecule is COC(=O)C1=C(C(=O)OC)N(c2ccc(C(C)C)cc2Br)C(N)=C(C#N)C1c1ccccc1. The van der Waals surface area contributed by atoms with E-state index in [-0.39, 0.29) is 28.6 Å². The predicted molar refractivity (Wildman–Crippen MR) is 128 cm³/mol. The van der Waals surface area contributed by atoms with Crippen molar-refractivity contribution in [3.05, 3.63) is 86.8 Å².